The molecule has 3 aromatic rings. The first-order valence-electron chi connectivity index (χ1n) is 12.8. The van der Waals surface area contributed by atoms with Crippen LogP contribution < -0.4 is 14.5 Å². The number of anilines is 3. The number of hydrogen-bond acceptors (Lipinski definition) is 8. The molecule has 1 atom stereocenters. The molecule has 1 amide bonds. The Morgan fingerprint density at radius 2 is 1.92 bits per heavy atom. The summed E-state index contributed by atoms with van der Waals surface area (Å²) in [5, 5.41) is 5.31. The maximum Gasteiger partial charge on any atom is 0.256 e. The number of benzene rings is 1. The zero-order chi connectivity index (χ0) is 26.4. The van der Waals surface area contributed by atoms with Crippen LogP contribution in [-0.4, -0.2) is 79.6 Å². The molecule has 13 heteroatoms. The van der Waals surface area contributed by atoms with Gasteiger partial charge in [0.1, 0.15) is 18.4 Å². The number of hydrogen-bond donors (Lipinski definition) is 1. The highest BCUT2D eigenvalue weighted by Gasteiger charge is 2.33. The van der Waals surface area contributed by atoms with Crippen molar-refractivity contribution in [3.8, 4) is 0 Å². The Labute approximate surface area is 226 Å². The summed E-state index contributed by atoms with van der Waals surface area (Å²) in [5.74, 6) is 1.55. The van der Waals surface area contributed by atoms with Crippen LogP contribution in [0.25, 0.3) is 5.65 Å². The van der Waals surface area contributed by atoms with E-state index in [1.54, 1.807) is 11.0 Å². The molecule has 11 nitrogen and oxygen atoms in total. The number of aromatic nitrogens is 3. The molecule has 0 bridgehead atoms. The Morgan fingerprint density at radius 1 is 1.08 bits per heavy atom. The van der Waals surface area contributed by atoms with Gasteiger partial charge < -0.3 is 19.4 Å². The maximum absolute atomic E-state index is 13.9. The minimum absolute atomic E-state index is 0.207. The van der Waals surface area contributed by atoms with E-state index in [4.69, 9.17) is 26.4 Å². The Kier molecular flexibility index (Phi) is 6.57. The average Bonchev–Trinajstić information content (AvgIpc) is 3.53. The van der Waals surface area contributed by atoms with Crippen molar-refractivity contribution in [1.82, 2.24) is 19.5 Å². The molecule has 1 aromatic carbocycles. The second-order valence-electron chi connectivity index (χ2n) is 10.0. The van der Waals surface area contributed by atoms with Gasteiger partial charge in [-0.3, -0.25) is 9.52 Å². The highest BCUT2D eigenvalue weighted by atomic mass is 35.5. The molecular formula is C25H30ClN7O4S. The lowest BCUT2D eigenvalue weighted by atomic mass is 9.98. The first-order valence-corrected chi connectivity index (χ1v) is 15.1. The topological polar surface area (TPSA) is 112 Å². The minimum atomic E-state index is -3.59. The van der Waals surface area contributed by atoms with Crippen LogP contribution in [0.5, 0.6) is 0 Å². The number of carbonyl (C=O) groups is 1. The zero-order valence-electron chi connectivity index (χ0n) is 21.1. The van der Waals surface area contributed by atoms with Crippen molar-refractivity contribution in [2.45, 2.75) is 31.7 Å². The molecule has 0 radical (unpaired) electrons. The number of piperidine rings is 1. The molecule has 0 aliphatic carbocycles. The van der Waals surface area contributed by atoms with Gasteiger partial charge in [-0.15, -0.1) is 0 Å². The number of nitrogens with one attached hydrogen (secondary N) is 1. The Hall–Kier alpha value is -3.09. The summed E-state index contributed by atoms with van der Waals surface area (Å²) in [7, 11) is -3.59. The van der Waals surface area contributed by atoms with Crippen LogP contribution >= 0.6 is 11.6 Å². The van der Waals surface area contributed by atoms with Crippen LogP contribution in [0.15, 0.2) is 30.3 Å². The molecule has 3 fully saturated rings. The fourth-order valence-corrected chi connectivity index (χ4v) is 6.02. The van der Waals surface area contributed by atoms with Crippen molar-refractivity contribution < 1.29 is 17.9 Å². The highest BCUT2D eigenvalue weighted by Crippen LogP contribution is 2.35. The first kappa shape index (κ1) is 25.2. The van der Waals surface area contributed by atoms with Gasteiger partial charge in [-0.1, -0.05) is 11.6 Å². The summed E-state index contributed by atoms with van der Waals surface area (Å²) in [5.41, 5.74) is 1.91. The van der Waals surface area contributed by atoms with E-state index in [0.29, 0.717) is 24.9 Å². The van der Waals surface area contributed by atoms with E-state index < -0.39 is 10.0 Å². The van der Waals surface area contributed by atoms with Gasteiger partial charge in [-0.05, 0) is 43.9 Å². The van der Waals surface area contributed by atoms with E-state index in [0.717, 1.165) is 74.6 Å². The van der Waals surface area contributed by atoms with E-state index in [-0.39, 0.29) is 23.2 Å². The van der Waals surface area contributed by atoms with Gasteiger partial charge in [0, 0.05) is 43.3 Å². The Bertz CT molecular complexity index is 1480. The molecule has 5 heterocycles. The Balaban J connectivity index is 1.39. The fourth-order valence-electron chi connectivity index (χ4n) is 5.27. The van der Waals surface area contributed by atoms with E-state index in [9.17, 15) is 13.2 Å². The molecule has 0 unspecified atom stereocenters. The second-order valence-corrected chi connectivity index (χ2v) is 12.2. The van der Waals surface area contributed by atoms with Crippen molar-refractivity contribution >= 4 is 50.5 Å². The Morgan fingerprint density at radius 3 is 2.63 bits per heavy atom. The van der Waals surface area contributed by atoms with Gasteiger partial charge in [0.15, 0.2) is 5.65 Å². The van der Waals surface area contributed by atoms with Gasteiger partial charge >= 0.3 is 0 Å². The molecule has 3 saturated heterocycles. The summed E-state index contributed by atoms with van der Waals surface area (Å²) in [6.45, 7) is 4.41. The fraction of sp³-hybridized carbons (Fsp3) is 0.480. The number of sulfonamides is 1. The predicted molar refractivity (Wildman–Crippen MR) is 146 cm³/mol. The molecule has 2 aromatic heterocycles. The summed E-state index contributed by atoms with van der Waals surface area (Å²) in [6, 6.07) is 8.35. The molecule has 6 rings (SSSR count). The SMILES string of the molecule is CS(=O)(=O)Nc1ccc(Cl)cc1C(=O)N1CCCC[C@H]1c1cc2nc(N3CCC3)cc(N3CCOC3)n2n1. The molecule has 3 aliphatic rings. The monoisotopic (exact) mass is 559 g/mol. The number of carbonyl (C=O) groups excluding carboxylic acids is 1. The van der Waals surface area contributed by atoms with E-state index in [2.05, 4.69) is 20.6 Å². The molecule has 3 aliphatic heterocycles. The van der Waals surface area contributed by atoms with Crippen molar-refractivity contribution in [1.29, 1.82) is 0 Å². The summed E-state index contributed by atoms with van der Waals surface area (Å²) in [4.78, 5) is 24.9. The van der Waals surface area contributed by atoms with Crippen LogP contribution in [0.1, 0.15) is 47.8 Å². The third-order valence-corrected chi connectivity index (χ3v) is 8.11. The number of ether oxygens (including phenoxy) is 1. The van der Waals surface area contributed by atoms with Gasteiger partial charge in [-0.2, -0.15) is 9.61 Å². The molecule has 38 heavy (non-hydrogen) atoms. The van der Waals surface area contributed by atoms with Crippen molar-refractivity contribution in [3.63, 3.8) is 0 Å². The maximum atomic E-state index is 13.9. The normalized spacial score (nSPS) is 20.2. The van der Waals surface area contributed by atoms with Gasteiger partial charge in [0.05, 0.1) is 35.8 Å². The number of fused-ring (bicyclic) bond motifs is 1. The molecule has 1 N–H and O–H groups in total. The summed E-state index contributed by atoms with van der Waals surface area (Å²) < 4.78 is 33.8. The van der Waals surface area contributed by atoms with E-state index in [1.165, 1.54) is 12.1 Å². The minimum Gasteiger partial charge on any atom is -0.359 e. The summed E-state index contributed by atoms with van der Waals surface area (Å²) >= 11 is 6.22. The van der Waals surface area contributed by atoms with Crippen LogP contribution in [0.3, 0.4) is 0 Å². The standard InChI is InChI=1S/C25H30ClN7O4S/c1-38(35,36)29-19-7-6-17(26)13-18(19)25(34)32-10-3-2-5-21(32)20-14-23-27-22(30-8-4-9-30)15-24(33(23)28-20)31-11-12-37-16-31/h6-7,13-15,21,29H,2-5,8-12,16H2,1H3/t21-/m0/s1. The van der Waals surface area contributed by atoms with Gasteiger partial charge in [0.25, 0.3) is 5.91 Å². The van der Waals surface area contributed by atoms with E-state index >= 15 is 0 Å². The van der Waals surface area contributed by atoms with E-state index in [1.807, 2.05) is 10.6 Å². The number of halogens is 1. The quantitative estimate of drug-likeness (QED) is 0.490. The average molecular weight is 560 g/mol. The number of rotatable bonds is 6. The number of amides is 1. The molecule has 0 spiro atoms. The molecule has 0 saturated carbocycles. The third kappa shape index (κ3) is 4.87. The third-order valence-electron chi connectivity index (χ3n) is 7.28. The smallest absolute Gasteiger partial charge is 0.256 e. The zero-order valence-corrected chi connectivity index (χ0v) is 22.7. The van der Waals surface area contributed by atoms with Crippen molar-refractivity contribution in [2.24, 2.45) is 0 Å². The lowest BCUT2D eigenvalue weighted by molar-refractivity contribution is 0.0607. The predicted octanol–water partition coefficient (Wildman–Crippen LogP) is 3.13. The summed E-state index contributed by atoms with van der Waals surface area (Å²) in [6.07, 6.45) is 4.75. The first-order chi connectivity index (χ1) is 18.3. The van der Waals surface area contributed by atoms with Crippen LogP contribution in [0.4, 0.5) is 17.3 Å². The molecular weight excluding hydrogens is 530 g/mol. The van der Waals surface area contributed by atoms with Crippen LogP contribution in [0, 0.1) is 0 Å². The highest BCUT2D eigenvalue weighted by molar-refractivity contribution is 7.92. The van der Waals surface area contributed by atoms with Crippen LogP contribution in [0.2, 0.25) is 5.02 Å². The van der Waals surface area contributed by atoms with Crippen LogP contribution in [-0.2, 0) is 14.8 Å². The van der Waals surface area contributed by atoms with Gasteiger partial charge in [-0.25, -0.2) is 13.4 Å². The second kappa shape index (κ2) is 9.90. The molecule has 202 valence electrons. The lowest BCUT2D eigenvalue weighted by Crippen LogP contribution is -2.39. The van der Waals surface area contributed by atoms with Crippen molar-refractivity contribution in [3.05, 3.63) is 46.6 Å². The van der Waals surface area contributed by atoms with Crippen molar-refractivity contribution in [2.75, 3.05) is 60.3 Å². The number of nitrogens with zero attached hydrogens (tertiary/aromatic N) is 6. The lowest BCUT2D eigenvalue weighted by Gasteiger charge is -2.35. The largest absolute Gasteiger partial charge is 0.359 e. The van der Waals surface area contributed by atoms with Gasteiger partial charge in [0.2, 0.25) is 10.0 Å². The number of likely N-dealkylation sites (tertiary alicyclic amines) is 1.